The van der Waals surface area contributed by atoms with Gasteiger partial charge in [0.15, 0.2) is 0 Å². The number of fused-ring (bicyclic) bond motifs is 4. The molecule has 0 bridgehead atoms. The van der Waals surface area contributed by atoms with E-state index < -0.39 is 0 Å². The maximum Gasteiger partial charge on any atom is 0.0537 e. The highest BCUT2D eigenvalue weighted by Crippen LogP contribution is 2.55. The average molecular weight is 891 g/mol. The van der Waals surface area contributed by atoms with Crippen LogP contribution >= 0.6 is 0 Å². The van der Waals surface area contributed by atoms with E-state index in [4.69, 9.17) is 0 Å². The predicted octanol–water partition coefficient (Wildman–Crippen LogP) is 19.1. The molecule has 12 rings (SSSR count). The molecule has 69 heavy (non-hydrogen) atoms. The monoisotopic (exact) mass is 890 g/mol. The first-order valence-corrected chi connectivity index (χ1v) is 24.9. The second kappa shape index (κ2) is 16.2. The lowest BCUT2D eigenvalue weighted by atomic mass is 9.73. The number of allylic oxidation sites excluding steroid dienone is 1. The molecule has 0 unspecified atom stereocenters. The van der Waals surface area contributed by atoms with Crippen LogP contribution in [0.4, 0.5) is 17.1 Å². The Morgan fingerprint density at radius 3 is 1.59 bits per heavy atom. The molecule has 2 heteroatoms. The lowest BCUT2D eigenvalue weighted by molar-refractivity contribution is 0.490. The zero-order chi connectivity index (χ0) is 47.2. The number of para-hydroxylation sites is 2. The summed E-state index contributed by atoms with van der Waals surface area (Å²) in [5.74, 6) is 0. The predicted molar refractivity (Wildman–Crippen MR) is 297 cm³/mol. The van der Waals surface area contributed by atoms with Crippen molar-refractivity contribution in [2.75, 3.05) is 4.90 Å². The van der Waals surface area contributed by atoms with Gasteiger partial charge in [0, 0.05) is 39.2 Å². The van der Waals surface area contributed by atoms with E-state index in [1.807, 2.05) is 0 Å². The number of nitrogens with zero attached hydrogens (tertiary/aromatic N) is 2. The molecule has 1 heterocycles. The van der Waals surface area contributed by atoms with Gasteiger partial charge in [-0.05, 0) is 193 Å². The van der Waals surface area contributed by atoms with Crippen molar-refractivity contribution in [3.05, 3.63) is 222 Å². The van der Waals surface area contributed by atoms with Crippen LogP contribution in [0.1, 0.15) is 82.3 Å². The van der Waals surface area contributed by atoms with E-state index in [0.29, 0.717) is 0 Å². The molecule has 11 aromatic rings. The van der Waals surface area contributed by atoms with E-state index in [1.54, 1.807) is 0 Å². The van der Waals surface area contributed by atoms with Gasteiger partial charge >= 0.3 is 0 Å². The Balaban J connectivity index is 0.967. The maximum atomic E-state index is 2.54. The molecule has 0 saturated heterocycles. The molecular formula is C67H58N2. The van der Waals surface area contributed by atoms with Gasteiger partial charge in [0.05, 0.1) is 5.52 Å². The summed E-state index contributed by atoms with van der Waals surface area (Å²) in [5.41, 5.74) is 20.4. The van der Waals surface area contributed by atoms with E-state index in [1.165, 1.54) is 116 Å². The Bertz CT molecular complexity index is 3740. The Kier molecular flexibility index (Phi) is 10.0. The first-order chi connectivity index (χ1) is 33.6. The summed E-state index contributed by atoms with van der Waals surface area (Å²) in [6.45, 7) is 16.0. The molecule has 10 aromatic carbocycles. The van der Waals surface area contributed by atoms with Crippen LogP contribution < -0.4 is 4.90 Å². The molecule has 0 spiro atoms. The van der Waals surface area contributed by atoms with Crippen molar-refractivity contribution in [3.8, 4) is 39.1 Å². The lowest BCUT2D eigenvalue weighted by Crippen LogP contribution is -2.23. The van der Waals surface area contributed by atoms with Crippen molar-refractivity contribution in [2.24, 2.45) is 0 Å². The van der Waals surface area contributed by atoms with Crippen molar-refractivity contribution >= 4 is 66.4 Å². The number of aryl methyl sites for hydroxylation is 1. The fourth-order valence-corrected chi connectivity index (χ4v) is 12.1. The average Bonchev–Trinajstić information content (AvgIpc) is 3.82. The summed E-state index contributed by atoms with van der Waals surface area (Å²) in [5, 5.41) is 9.11. The van der Waals surface area contributed by atoms with Crippen molar-refractivity contribution in [3.63, 3.8) is 0 Å². The standard InChI is InChI=1S/C67H58N2/c1-8-17-62-43(4)59-40-46(27-39-63(59)69(62)51-30-28-48(29-31-51)66(5,6)7)53-33-22-44-25-37-58-54(34-23-45-24-36-57(53)64(44)65(45)58)47-26-35-55-56-38-32-52(42-61(56)67(9-2,10-3)60(55)41-47)68(49-18-13-11-14-19-49)50-20-15-12-16-21-50/h8,11-42H,9-10H2,1-7H3/b17-8-. The summed E-state index contributed by atoms with van der Waals surface area (Å²) in [6, 6.07) is 71.1. The van der Waals surface area contributed by atoms with E-state index >= 15 is 0 Å². The summed E-state index contributed by atoms with van der Waals surface area (Å²) >= 11 is 0. The normalized spacial score (nSPS) is 13.3. The van der Waals surface area contributed by atoms with Gasteiger partial charge in [-0.25, -0.2) is 0 Å². The van der Waals surface area contributed by atoms with Crippen LogP contribution in [0.5, 0.6) is 0 Å². The molecule has 1 aromatic heterocycles. The smallest absolute Gasteiger partial charge is 0.0537 e. The van der Waals surface area contributed by atoms with Crippen LogP contribution in [0.25, 0.3) is 88.4 Å². The minimum Gasteiger partial charge on any atom is -0.310 e. The van der Waals surface area contributed by atoms with Gasteiger partial charge in [0.2, 0.25) is 0 Å². The first-order valence-electron chi connectivity index (χ1n) is 24.9. The molecule has 2 nitrogen and oxygen atoms in total. The molecule has 1 aliphatic carbocycles. The van der Waals surface area contributed by atoms with E-state index in [0.717, 1.165) is 24.2 Å². The first kappa shape index (κ1) is 42.7. The van der Waals surface area contributed by atoms with Gasteiger partial charge in [-0.1, -0.05) is 162 Å². The van der Waals surface area contributed by atoms with Crippen LogP contribution in [-0.2, 0) is 10.8 Å². The van der Waals surface area contributed by atoms with Crippen LogP contribution in [0.3, 0.4) is 0 Å². The number of anilines is 3. The van der Waals surface area contributed by atoms with Crippen LogP contribution in [0, 0.1) is 6.92 Å². The third kappa shape index (κ3) is 6.60. The Morgan fingerprint density at radius 1 is 0.507 bits per heavy atom. The van der Waals surface area contributed by atoms with Crippen molar-refractivity contribution in [1.82, 2.24) is 4.57 Å². The number of rotatable bonds is 9. The molecule has 0 saturated carbocycles. The third-order valence-electron chi connectivity index (χ3n) is 15.7. The van der Waals surface area contributed by atoms with Gasteiger partial charge in [-0.15, -0.1) is 0 Å². The topological polar surface area (TPSA) is 8.17 Å². The molecule has 1 aliphatic rings. The zero-order valence-electron chi connectivity index (χ0n) is 40.9. The SMILES string of the molecule is C/C=C\c1c(C)c2cc(-c3ccc4ccc5c(-c6ccc7c(c6)C(CC)(CC)c6cc(N(c8ccccc8)c8ccccc8)ccc6-7)ccc6ccc3c4c65)ccc2n1-c1ccc(C(C)(C)C)cc1. The van der Waals surface area contributed by atoms with Crippen LogP contribution in [0.15, 0.2) is 194 Å². The second-order valence-corrected chi connectivity index (χ2v) is 20.3. The minimum atomic E-state index is -0.112. The number of aromatic nitrogens is 1. The van der Waals surface area contributed by atoms with Gasteiger partial charge in [-0.2, -0.15) is 0 Å². The Hall–Kier alpha value is -7.68. The highest BCUT2D eigenvalue weighted by atomic mass is 15.1. The Morgan fingerprint density at radius 2 is 1.03 bits per heavy atom. The molecule has 0 aliphatic heterocycles. The number of benzene rings is 10. The fraction of sp³-hybridized carbons (Fsp3) is 0.164. The number of hydrogen-bond acceptors (Lipinski definition) is 1. The van der Waals surface area contributed by atoms with Crippen LogP contribution in [0.2, 0.25) is 0 Å². The van der Waals surface area contributed by atoms with Crippen molar-refractivity contribution < 1.29 is 0 Å². The molecular weight excluding hydrogens is 833 g/mol. The fourth-order valence-electron chi connectivity index (χ4n) is 12.1. The highest BCUT2D eigenvalue weighted by molar-refractivity contribution is 6.27. The quantitative estimate of drug-likeness (QED) is 0.131. The zero-order valence-corrected chi connectivity index (χ0v) is 40.9. The maximum absolute atomic E-state index is 2.54. The molecule has 0 amide bonds. The van der Waals surface area contributed by atoms with E-state index in [9.17, 15) is 0 Å². The Labute approximate surface area is 407 Å². The minimum absolute atomic E-state index is 0.100. The lowest BCUT2D eigenvalue weighted by Gasteiger charge is -2.32. The van der Waals surface area contributed by atoms with Crippen molar-refractivity contribution in [1.29, 1.82) is 0 Å². The van der Waals surface area contributed by atoms with Gasteiger partial charge in [-0.3, -0.25) is 0 Å². The van der Waals surface area contributed by atoms with Gasteiger partial charge in [0.1, 0.15) is 0 Å². The summed E-state index contributed by atoms with van der Waals surface area (Å²) in [4.78, 5) is 2.39. The van der Waals surface area contributed by atoms with E-state index in [2.05, 4.69) is 258 Å². The van der Waals surface area contributed by atoms with Crippen LogP contribution in [-0.4, -0.2) is 4.57 Å². The molecule has 0 radical (unpaired) electrons. The highest BCUT2D eigenvalue weighted by Gasteiger charge is 2.41. The summed E-state index contributed by atoms with van der Waals surface area (Å²) < 4.78 is 2.43. The van der Waals surface area contributed by atoms with Gasteiger partial charge in [0.25, 0.3) is 0 Å². The summed E-state index contributed by atoms with van der Waals surface area (Å²) in [7, 11) is 0. The van der Waals surface area contributed by atoms with E-state index in [-0.39, 0.29) is 10.8 Å². The molecule has 0 fully saturated rings. The molecule has 336 valence electrons. The summed E-state index contributed by atoms with van der Waals surface area (Å²) in [6.07, 6.45) is 6.45. The number of hydrogen-bond donors (Lipinski definition) is 0. The third-order valence-corrected chi connectivity index (χ3v) is 15.7. The van der Waals surface area contributed by atoms with Crippen molar-refractivity contribution in [2.45, 2.75) is 72.1 Å². The largest absolute Gasteiger partial charge is 0.310 e. The second-order valence-electron chi connectivity index (χ2n) is 20.3. The molecule has 0 atom stereocenters. The molecule has 0 N–H and O–H groups in total. The van der Waals surface area contributed by atoms with Gasteiger partial charge < -0.3 is 9.47 Å².